The van der Waals surface area contributed by atoms with E-state index in [4.69, 9.17) is 9.84 Å². The number of ether oxygens (including phenoxy) is 1. The Labute approximate surface area is 268 Å². The molecule has 5 heterocycles. The van der Waals surface area contributed by atoms with E-state index in [9.17, 15) is 19.1 Å². The monoisotopic (exact) mass is 635 g/mol. The van der Waals surface area contributed by atoms with Crippen LogP contribution < -0.4 is 15.9 Å². The molecule has 46 heavy (non-hydrogen) atoms. The van der Waals surface area contributed by atoms with Crippen LogP contribution in [0.5, 0.6) is 0 Å². The second-order valence-electron chi connectivity index (χ2n) is 14.7. The Bertz CT molecular complexity index is 1680. The Morgan fingerprint density at radius 3 is 2.65 bits per heavy atom. The smallest absolute Gasteiger partial charge is 0.350 e. The molecule has 11 nitrogen and oxygen atoms in total. The molecule has 0 radical (unpaired) electrons. The fourth-order valence-electron chi connectivity index (χ4n) is 7.47. The number of anilines is 1. The fourth-order valence-corrected chi connectivity index (χ4v) is 7.47. The van der Waals surface area contributed by atoms with E-state index < -0.39 is 11.0 Å². The van der Waals surface area contributed by atoms with Gasteiger partial charge in [0.05, 0.1) is 43.3 Å². The Hall–Kier alpha value is -3.16. The van der Waals surface area contributed by atoms with Crippen molar-refractivity contribution in [3.63, 3.8) is 0 Å². The number of amides is 1. The lowest BCUT2D eigenvalue weighted by molar-refractivity contribution is -0.121. The number of hydrogen-bond acceptors (Lipinski definition) is 8. The molecule has 2 N–H and O–H groups in total. The normalized spacial score (nSPS) is 26.0. The first-order chi connectivity index (χ1) is 21.9. The number of nitrogens with one attached hydrogen (secondary N) is 1. The van der Waals surface area contributed by atoms with E-state index in [1.165, 1.54) is 16.8 Å². The predicted octanol–water partition coefficient (Wildman–Crippen LogP) is 1.76. The quantitative estimate of drug-likeness (QED) is 0.386. The summed E-state index contributed by atoms with van der Waals surface area (Å²) in [6.45, 7) is 14.1. The first-order valence-electron chi connectivity index (χ1n) is 16.6. The van der Waals surface area contributed by atoms with Crippen LogP contribution >= 0.6 is 0 Å². The standard InChI is InChI=1S/C34H46FN7O4/c1-22-16-39(27(15-36-22)17-38-11-12-46-19-23(38)2)18-29(43)40-20-33(3,4)30-28(40)14-25(13-24-5-7-26(35)8-6-24)31-37-41(32(44)42(30)31)21-34(45)9-10-34/h5-8,14,22-23,27,36,45H,9-13,15-21H2,1-4H3/t22-,23-,27-/m1/s1. The zero-order valence-corrected chi connectivity index (χ0v) is 27.3. The molecule has 0 spiro atoms. The number of hydrogen-bond donors (Lipinski definition) is 2. The van der Waals surface area contributed by atoms with Gasteiger partial charge in [0.2, 0.25) is 5.91 Å². The van der Waals surface area contributed by atoms with Gasteiger partial charge in [-0.15, -0.1) is 5.10 Å². The highest BCUT2D eigenvalue weighted by molar-refractivity contribution is 5.98. The molecule has 1 aliphatic carbocycles. The predicted molar refractivity (Wildman–Crippen MR) is 173 cm³/mol. The number of piperazine rings is 1. The van der Waals surface area contributed by atoms with Crippen LogP contribution in [0.2, 0.25) is 0 Å². The summed E-state index contributed by atoms with van der Waals surface area (Å²) in [5.74, 6) is -0.316. The lowest BCUT2D eigenvalue weighted by atomic mass is 9.90. The van der Waals surface area contributed by atoms with Gasteiger partial charge in [0.1, 0.15) is 5.82 Å². The second kappa shape index (κ2) is 11.8. The molecule has 0 unspecified atom stereocenters. The Morgan fingerprint density at radius 2 is 1.93 bits per heavy atom. The van der Waals surface area contributed by atoms with Gasteiger partial charge in [-0.25, -0.2) is 18.3 Å². The average Bonchev–Trinajstić information content (AvgIpc) is 3.57. The summed E-state index contributed by atoms with van der Waals surface area (Å²) in [7, 11) is 0. The number of carbonyl (C=O) groups is 1. The first-order valence-corrected chi connectivity index (χ1v) is 16.6. The number of rotatable bonds is 8. The number of nitrogens with zero attached hydrogens (tertiary/aromatic N) is 6. The van der Waals surface area contributed by atoms with Crippen molar-refractivity contribution in [2.45, 2.75) is 82.6 Å². The van der Waals surface area contributed by atoms with Crippen LogP contribution in [0.4, 0.5) is 10.1 Å². The number of fused-ring (bicyclic) bond motifs is 3. The molecule has 3 atom stereocenters. The van der Waals surface area contributed by atoms with Crippen molar-refractivity contribution in [3.8, 4) is 0 Å². The topological polar surface area (TPSA) is 108 Å². The first kappa shape index (κ1) is 31.4. The average molecular weight is 636 g/mol. The number of halogens is 1. The van der Waals surface area contributed by atoms with Crippen LogP contribution in [0, 0.1) is 5.82 Å². The van der Waals surface area contributed by atoms with E-state index in [-0.39, 0.29) is 42.6 Å². The highest BCUT2D eigenvalue weighted by Crippen LogP contribution is 2.42. The zero-order valence-electron chi connectivity index (χ0n) is 27.3. The van der Waals surface area contributed by atoms with Gasteiger partial charge in [-0.1, -0.05) is 26.0 Å². The molecule has 12 heteroatoms. The summed E-state index contributed by atoms with van der Waals surface area (Å²) in [5, 5.41) is 19.0. The molecule has 3 fully saturated rings. The van der Waals surface area contributed by atoms with Gasteiger partial charge in [-0.05, 0) is 50.5 Å². The van der Waals surface area contributed by atoms with E-state index in [1.807, 2.05) is 11.0 Å². The van der Waals surface area contributed by atoms with Crippen molar-refractivity contribution in [1.29, 1.82) is 0 Å². The van der Waals surface area contributed by atoms with E-state index >= 15 is 0 Å². The third kappa shape index (κ3) is 6.01. The third-order valence-electron chi connectivity index (χ3n) is 10.3. The maximum atomic E-state index is 14.3. The summed E-state index contributed by atoms with van der Waals surface area (Å²) < 4.78 is 22.4. The number of aliphatic hydroxyl groups is 1. The summed E-state index contributed by atoms with van der Waals surface area (Å²) in [5.41, 5.74) is 1.88. The largest absolute Gasteiger partial charge is 0.388 e. The summed E-state index contributed by atoms with van der Waals surface area (Å²) in [6, 6.07) is 9.09. The fraction of sp³-hybridized carbons (Fsp3) is 0.618. The molecule has 7 rings (SSSR count). The lowest BCUT2D eigenvalue weighted by Gasteiger charge is -2.43. The molecule has 1 saturated carbocycles. The molecule has 3 aliphatic heterocycles. The van der Waals surface area contributed by atoms with Crippen molar-refractivity contribution in [2.24, 2.45) is 0 Å². The molecule has 1 amide bonds. The van der Waals surface area contributed by atoms with Crippen molar-refractivity contribution < 1.29 is 19.0 Å². The van der Waals surface area contributed by atoms with Gasteiger partial charge in [-0.2, -0.15) is 0 Å². The Morgan fingerprint density at radius 1 is 1.17 bits per heavy atom. The van der Waals surface area contributed by atoms with Gasteiger partial charge in [0.25, 0.3) is 0 Å². The minimum absolute atomic E-state index is 0.000709. The van der Waals surface area contributed by atoms with Gasteiger partial charge >= 0.3 is 5.69 Å². The molecule has 2 aromatic heterocycles. The maximum Gasteiger partial charge on any atom is 0.350 e. The van der Waals surface area contributed by atoms with Crippen molar-refractivity contribution in [2.75, 3.05) is 57.4 Å². The number of benzene rings is 1. The molecule has 2 saturated heterocycles. The zero-order chi connectivity index (χ0) is 32.4. The summed E-state index contributed by atoms with van der Waals surface area (Å²) in [4.78, 5) is 35.0. The maximum absolute atomic E-state index is 14.3. The van der Waals surface area contributed by atoms with Crippen LogP contribution in [0.3, 0.4) is 0 Å². The molecule has 248 valence electrons. The van der Waals surface area contributed by atoms with E-state index in [2.05, 4.69) is 42.8 Å². The van der Waals surface area contributed by atoms with Crippen LogP contribution in [-0.2, 0) is 27.9 Å². The number of aromatic nitrogens is 3. The molecular formula is C34H46FN7O4. The minimum Gasteiger partial charge on any atom is -0.388 e. The number of morpholine rings is 1. The van der Waals surface area contributed by atoms with E-state index in [1.54, 1.807) is 16.5 Å². The Balaban J connectivity index is 1.24. The Kier molecular flexibility index (Phi) is 8.08. The number of carbonyl (C=O) groups excluding carboxylic acids is 1. The van der Waals surface area contributed by atoms with Crippen molar-refractivity contribution in [3.05, 3.63) is 63.5 Å². The van der Waals surface area contributed by atoms with Crippen molar-refractivity contribution >= 4 is 17.2 Å². The van der Waals surface area contributed by atoms with Crippen LogP contribution in [0.25, 0.3) is 5.65 Å². The third-order valence-corrected chi connectivity index (χ3v) is 10.3. The van der Waals surface area contributed by atoms with E-state index in [0.717, 1.165) is 56.2 Å². The molecule has 3 aromatic rings. The van der Waals surface area contributed by atoms with Crippen LogP contribution in [-0.4, -0.2) is 111 Å². The highest BCUT2D eigenvalue weighted by Gasteiger charge is 2.45. The second-order valence-corrected chi connectivity index (χ2v) is 14.7. The molecule has 0 bridgehead atoms. The van der Waals surface area contributed by atoms with Gasteiger partial charge in [-0.3, -0.25) is 14.6 Å². The van der Waals surface area contributed by atoms with Gasteiger partial charge < -0.3 is 20.1 Å². The summed E-state index contributed by atoms with van der Waals surface area (Å²) in [6.07, 6.45) is 1.69. The molecule has 4 aliphatic rings. The van der Waals surface area contributed by atoms with Crippen molar-refractivity contribution in [1.82, 2.24) is 29.3 Å². The molecular weight excluding hydrogens is 589 g/mol. The highest BCUT2D eigenvalue weighted by atomic mass is 19.1. The van der Waals surface area contributed by atoms with Gasteiger partial charge in [0.15, 0.2) is 5.65 Å². The summed E-state index contributed by atoms with van der Waals surface area (Å²) >= 11 is 0. The molecule has 1 aromatic carbocycles. The van der Waals surface area contributed by atoms with Crippen LogP contribution in [0.1, 0.15) is 57.4 Å². The lowest BCUT2D eigenvalue weighted by Crippen LogP contribution is -2.62. The van der Waals surface area contributed by atoms with Gasteiger partial charge in [0, 0.05) is 68.2 Å². The van der Waals surface area contributed by atoms with E-state index in [0.29, 0.717) is 43.2 Å². The minimum atomic E-state index is -0.907. The number of pyridine rings is 1. The SMILES string of the molecule is C[C@@H]1CN(CC(=O)N2CC(C)(C)c3c2cc(Cc2ccc(F)cc2)c2nn(CC4(O)CC4)c(=O)n32)[C@@H](CN2CCOC[C@H]2C)CN1. The van der Waals surface area contributed by atoms with Crippen LogP contribution in [0.15, 0.2) is 35.1 Å².